The first-order valence-corrected chi connectivity index (χ1v) is 7.68. The molecule has 2 aromatic rings. The molecule has 0 aliphatic rings. The first-order valence-electron chi connectivity index (χ1n) is 7.68. The van der Waals surface area contributed by atoms with Crippen LogP contribution in [0.15, 0.2) is 53.5 Å². The largest absolute Gasteiger partial charge is 0.491 e. The van der Waals surface area contributed by atoms with E-state index in [0.29, 0.717) is 25.7 Å². The van der Waals surface area contributed by atoms with Crippen LogP contribution in [-0.4, -0.2) is 19.1 Å². The standard InChI is InChI=1S/C18H22FN3O.HI/c1-2-23-17-9-8-15(12-16(17)19)13-22-18(20)21-11-10-14-6-4-3-5-7-14;/h3-9,12H,2,10-11,13H2,1H3,(H3,20,21,22);1H. The number of guanidine groups is 1. The fourth-order valence-corrected chi connectivity index (χ4v) is 2.13. The van der Waals surface area contributed by atoms with Crippen LogP contribution < -0.4 is 15.8 Å². The van der Waals surface area contributed by atoms with Crippen LogP contribution in [0, 0.1) is 5.82 Å². The minimum Gasteiger partial charge on any atom is -0.491 e. The SMILES string of the molecule is CCOc1ccc(CN=C(N)NCCc2ccccc2)cc1F.I. The van der Waals surface area contributed by atoms with E-state index in [1.54, 1.807) is 12.1 Å². The third kappa shape index (κ3) is 6.74. The lowest BCUT2D eigenvalue weighted by Crippen LogP contribution is -2.33. The number of nitrogens with one attached hydrogen (secondary N) is 1. The van der Waals surface area contributed by atoms with Crippen molar-refractivity contribution < 1.29 is 9.13 Å². The van der Waals surface area contributed by atoms with E-state index in [4.69, 9.17) is 10.5 Å². The summed E-state index contributed by atoms with van der Waals surface area (Å²) in [5.74, 6) is 0.236. The molecule has 0 heterocycles. The molecule has 130 valence electrons. The Balaban J connectivity index is 0.00000288. The third-order valence-corrected chi connectivity index (χ3v) is 3.29. The quantitative estimate of drug-likeness (QED) is 0.392. The third-order valence-electron chi connectivity index (χ3n) is 3.29. The highest BCUT2D eigenvalue weighted by molar-refractivity contribution is 14.0. The van der Waals surface area contributed by atoms with Crippen LogP contribution in [0.5, 0.6) is 5.75 Å². The predicted molar refractivity (Wildman–Crippen MR) is 106 cm³/mol. The predicted octanol–water partition coefficient (Wildman–Crippen LogP) is 3.49. The van der Waals surface area contributed by atoms with Gasteiger partial charge < -0.3 is 15.8 Å². The Labute approximate surface area is 159 Å². The first-order chi connectivity index (χ1) is 11.2. The number of nitrogens with zero attached hydrogens (tertiary/aromatic N) is 1. The number of benzene rings is 2. The van der Waals surface area contributed by atoms with Crippen molar-refractivity contribution in [3.05, 3.63) is 65.5 Å². The molecule has 0 fully saturated rings. The number of hydrogen-bond donors (Lipinski definition) is 2. The molecule has 2 rings (SSSR count). The maximum absolute atomic E-state index is 13.7. The fraction of sp³-hybridized carbons (Fsp3) is 0.278. The average molecular weight is 443 g/mol. The zero-order chi connectivity index (χ0) is 16.5. The normalized spacial score (nSPS) is 10.8. The van der Waals surface area contributed by atoms with Gasteiger partial charge in [0.15, 0.2) is 17.5 Å². The van der Waals surface area contributed by atoms with E-state index in [-0.39, 0.29) is 35.5 Å². The summed E-state index contributed by atoms with van der Waals surface area (Å²) in [5.41, 5.74) is 7.81. The lowest BCUT2D eigenvalue weighted by molar-refractivity contribution is 0.321. The number of halogens is 2. The molecule has 24 heavy (non-hydrogen) atoms. The highest BCUT2D eigenvalue weighted by Crippen LogP contribution is 2.18. The fourth-order valence-electron chi connectivity index (χ4n) is 2.13. The second-order valence-corrected chi connectivity index (χ2v) is 5.06. The zero-order valence-electron chi connectivity index (χ0n) is 13.7. The van der Waals surface area contributed by atoms with Crippen molar-refractivity contribution >= 4 is 29.9 Å². The topological polar surface area (TPSA) is 59.6 Å². The molecule has 0 aliphatic carbocycles. The van der Waals surface area contributed by atoms with Crippen LogP contribution in [0.25, 0.3) is 0 Å². The van der Waals surface area contributed by atoms with Crippen molar-refractivity contribution in [2.24, 2.45) is 10.7 Å². The van der Waals surface area contributed by atoms with Gasteiger partial charge in [0.1, 0.15) is 0 Å². The summed E-state index contributed by atoms with van der Waals surface area (Å²) in [6.45, 7) is 3.29. The van der Waals surface area contributed by atoms with Gasteiger partial charge in [-0.3, -0.25) is 0 Å². The second-order valence-electron chi connectivity index (χ2n) is 5.06. The smallest absolute Gasteiger partial charge is 0.188 e. The molecule has 2 aromatic carbocycles. The molecule has 0 aromatic heterocycles. The molecule has 6 heteroatoms. The zero-order valence-corrected chi connectivity index (χ0v) is 16.0. The molecule has 0 saturated heterocycles. The first kappa shape index (κ1) is 20.2. The maximum atomic E-state index is 13.7. The molecule has 0 spiro atoms. The van der Waals surface area contributed by atoms with Gasteiger partial charge in [0.25, 0.3) is 0 Å². The van der Waals surface area contributed by atoms with Crippen LogP contribution in [-0.2, 0) is 13.0 Å². The summed E-state index contributed by atoms with van der Waals surface area (Å²) in [6.07, 6.45) is 0.870. The Morgan fingerprint density at radius 1 is 1.17 bits per heavy atom. The Morgan fingerprint density at radius 3 is 2.58 bits per heavy atom. The van der Waals surface area contributed by atoms with Gasteiger partial charge in [0.05, 0.1) is 13.2 Å². The van der Waals surface area contributed by atoms with Gasteiger partial charge in [0.2, 0.25) is 0 Å². The van der Waals surface area contributed by atoms with Crippen LogP contribution in [0.1, 0.15) is 18.1 Å². The van der Waals surface area contributed by atoms with Gasteiger partial charge >= 0.3 is 0 Å². The Morgan fingerprint density at radius 2 is 1.92 bits per heavy atom. The van der Waals surface area contributed by atoms with E-state index >= 15 is 0 Å². The minimum absolute atomic E-state index is 0. The van der Waals surface area contributed by atoms with Gasteiger partial charge in [-0.05, 0) is 36.6 Å². The molecular formula is C18H23FIN3O. The minimum atomic E-state index is -0.379. The Bertz CT molecular complexity index is 650. The molecule has 0 radical (unpaired) electrons. The van der Waals surface area contributed by atoms with E-state index in [0.717, 1.165) is 12.0 Å². The monoisotopic (exact) mass is 443 g/mol. The van der Waals surface area contributed by atoms with Gasteiger partial charge in [-0.15, -0.1) is 24.0 Å². The molecule has 0 unspecified atom stereocenters. The van der Waals surface area contributed by atoms with E-state index in [2.05, 4.69) is 22.4 Å². The van der Waals surface area contributed by atoms with Gasteiger partial charge in [0, 0.05) is 6.54 Å². The molecule has 0 saturated carbocycles. The molecule has 0 atom stereocenters. The summed E-state index contributed by atoms with van der Waals surface area (Å²) in [7, 11) is 0. The second kappa shape index (κ2) is 10.9. The van der Waals surface area contributed by atoms with Crippen LogP contribution in [0.2, 0.25) is 0 Å². The van der Waals surface area contributed by atoms with Crippen LogP contribution in [0.3, 0.4) is 0 Å². The molecule has 0 aliphatic heterocycles. The highest BCUT2D eigenvalue weighted by Gasteiger charge is 2.04. The van der Waals surface area contributed by atoms with Crippen molar-refractivity contribution in [2.75, 3.05) is 13.2 Å². The van der Waals surface area contributed by atoms with Crippen molar-refractivity contribution in [1.29, 1.82) is 0 Å². The summed E-state index contributed by atoms with van der Waals surface area (Å²) in [4.78, 5) is 4.22. The van der Waals surface area contributed by atoms with Crippen LogP contribution >= 0.6 is 24.0 Å². The van der Waals surface area contributed by atoms with E-state index < -0.39 is 0 Å². The highest BCUT2D eigenvalue weighted by atomic mass is 127. The van der Waals surface area contributed by atoms with Crippen molar-refractivity contribution in [3.63, 3.8) is 0 Å². The summed E-state index contributed by atoms with van der Waals surface area (Å²) in [6, 6.07) is 15.0. The number of rotatable bonds is 7. The van der Waals surface area contributed by atoms with Gasteiger partial charge in [-0.25, -0.2) is 9.38 Å². The van der Waals surface area contributed by atoms with E-state index in [1.807, 2.05) is 25.1 Å². The number of hydrogen-bond acceptors (Lipinski definition) is 2. The molecular weight excluding hydrogens is 420 g/mol. The molecule has 4 nitrogen and oxygen atoms in total. The van der Waals surface area contributed by atoms with Crippen molar-refractivity contribution in [1.82, 2.24) is 5.32 Å². The number of aliphatic imine (C=N–C) groups is 1. The van der Waals surface area contributed by atoms with E-state index in [1.165, 1.54) is 11.6 Å². The van der Waals surface area contributed by atoms with Gasteiger partial charge in [-0.2, -0.15) is 0 Å². The Hall–Kier alpha value is -1.83. The summed E-state index contributed by atoms with van der Waals surface area (Å²) in [5, 5.41) is 3.06. The lowest BCUT2D eigenvalue weighted by Gasteiger charge is -2.07. The molecule has 0 amide bonds. The van der Waals surface area contributed by atoms with Crippen molar-refractivity contribution in [3.8, 4) is 5.75 Å². The number of ether oxygens (including phenoxy) is 1. The average Bonchev–Trinajstić information content (AvgIpc) is 2.56. The molecule has 0 bridgehead atoms. The van der Waals surface area contributed by atoms with Gasteiger partial charge in [-0.1, -0.05) is 36.4 Å². The summed E-state index contributed by atoms with van der Waals surface area (Å²) >= 11 is 0. The van der Waals surface area contributed by atoms with E-state index in [9.17, 15) is 4.39 Å². The lowest BCUT2D eigenvalue weighted by atomic mass is 10.1. The van der Waals surface area contributed by atoms with Crippen LogP contribution in [0.4, 0.5) is 4.39 Å². The maximum Gasteiger partial charge on any atom is 0.188 e. The summed E-state index contributed by atoms with van der Waals surface area (Å²) < 4.78 is 18.9. The number of nitrogens with two attached hydrogens (primary N) is 1. The molecule has 3 N–H and O–H groups in total. The van der Waals surface area contributed by atoms with Crippen molar-refractivity contribution in [2.45, 2.75) is 19.9 Å². The Kier molecular flexibility index (Phi) is 9.14.